The number of hydrogen-bond donors (Lipinski definition) is 0. The Morgan fingerprint density at radius 3 is 2.85 bits per heavy atom. The number of carbonyl (C=O) groups excluding carboxylic acids is 1. The Labute approximate surface area is 124 Å². The van der Waals surface area contributed by atoms with Crippen LogP contribution in [0.15, 0.2) is 30.3 Å². The Kier molecular flexibility index (Phi) is 3.82. The fourth-order valence-corrected chi connectivity index (χ4v) is 4.99. The van der Waals surface area contributed by atoms with Crippen LogP contribution in [0.2, 0.25) is 0 Å². The summed E-state index contributed by atoms with van der Waals surface area (Å²) in [4.78, 5) is 12.1. The van der Waals surface area contributed by atoms with Gasteiger partial charge in [-0.2, -0.15) is 11.8 Å². The zero-order valence-corrected chi connectivity index (χ0v) is 12.7. The molecule has 0 N–H and O–H groups in total. The molecule has 2 aliphatic heterocycles. The Balaban J connectivity index is 1.57. The largest absolute Gasteiger partial charge is 0.461 e. The summed E-state index contributed by atoms with van der Waals surface area (Å²) in [6.45, 7) is 2.54. The Hall–Kier alpha value is -0.935. The number of benzene rings is 1. The van der Waals surface area contributed by atoms with Crippen LogP contribution in [-0.2, 0) is 20.9 Å². The minimum atomic E-state index is -0.303. The van der Waals surface area contributed by atoms with Gasteiger partial charge in [-0.3, -0.25) is 4.79 Å². The van der Waals surface area contributed by atoms with Gasteiger partial charge in [0.2, 0.25) is 0 Å². The smallest absolute Gasteiger partial charge is 0.309 e. The first-order valence-corrected chi connectivity index (χ1v) is 8.14. The second-order valence-electron chi connectivity index (χ2n) is 5.78. The zero-order valence-electron chi connectivity index (χ0n) is 11.9. The van der Waals surface area contributed by atoms with E-state index in [1.165, 1.54) is 0 Å². The van der Waals surface area contributed by atoms with E-state index >= 15 is 0 Å². The van der Waals surface area contributed by atoms with E-state index in [1.807, 2.05) is 42.1 Å². The van der Waals surface area contributed by atoms with Crippen molar-refractivity contribution in [2.75, 3.05) is 5.75 Å². The van der Waals surface area contributed by atoms with Gasteiger partial charge in [0.05, 0.1) is 12.0 Å². The van der Waals surface area contributed by atoms with Crippen molar-refractivity contribution >= 4 is 25.6 Å². The molecule has 2 heterocycles. The highest BCUT2D eigenvalue weighted by molar-refractivity contribution is 8.00. The summed E-state index contributed by atoms with van der Waals surface area (Å²) < 4.78 is 11.5. The number of carbonyl (C=O) groups is 1. The van der Waals surface area contributed by atoms with Crippen molar-refractivity contribution in [3.05, 3.63) is 35.9 Å². The number of rotatable bonds is 4. The molecule has 0 aliphatic carbocycles. The molecule has 20 heavy (non-hydrogen) atoms. The Bertz CT molecular complexity index is 495. The molecular weight excluding hydrogens is 271 g/mol. The van der Waals surface area contributed by atoms with E-state index in [0.717, 1.165) is 11.3 Å². The van der Waals surface area contributed by atoms with Crippen molar-refractivity contribution in [1.82, 2.24) is 0 Å². The normalized spacial score (nSPS) is 35.1. The van der Waals surface area contributed by atoms with Gasteiger partial charge in [-0.15, -0.1) is 0 Å². The van der Waals surface area contributed by atoms with Crippen LogP contribution in [0.3, 0.4) is 0 Å². The van der Waals surface area contributed by atoms with Crippen molar-refractivity contribution in [1.29, 1.82) is 0 Å². The van der Waals surface area contributed by atoms with E-state index in [2.05, 4.69) is 14.8 Å². The van der Waals surface area contributed by atoms with Crippen LogP contribution in [0.4, 0.5) is 0 Å². The van der Waals surface area contributed by atoms with E-state index in [1.54, 1.807) is 0 Å². The van der Waals surface area contributed by atoms with E-state index in [0.29, 0.717) is 24.2 Å². The van der Waals surface area contributed by atoms with Gasteiger partial charge >= 0.3 is 5.97 Å². The molecule has 2 fully saturated rings. The SMILES string of the molecule is B[C@@H]1O[C@@]2(CC(=O)OCc3ccccc3)CSC1[C@H]2C. The highest BCUT2D eigenvalue weighted by Crippen LogP contribution is 2.52. The van der Waals surface area contributed by atoms with E-state index in [-0.39, 0.29) is 17.6 Å². The minimum Gasteiger partial charge on any atom is -0.461 e. The second-order valence-corrected chi connectivity index (χ2v) is 6.94. The van der Waals surface area contributed by atoms with Gasteiger partial charge in [-0.05, 0) is 5.56 Å². The van der Waals surface area contributed by atoms with Crippen molar-refractivity contribution in [2.45, 2.75) is 36.8 Å². The van der Waals surface area contributed by atoms with Crippen LogP contribution in [0.25, 0.3) is 0 Å². The predicted octanol–water partition coefficient (Wildman–Crippen LogP) is 1.60. The molecule has 5 heteroatoms. The molecular formula is C15H19BO3S. The first-order chi connectivity index (χ1) is 9.61. The van der Waals surface area contributed by atoms with Crippen LogP contribution in [0.1, 0.15) is 18.9 Å². The fourth-order valence-electron chi connectivity index (χ4n) is 3.22. The molecule has 0 saturated carbocycles. The zero-order chi connectivity index (χ0) is 14.2. The molecule has 0 amide bonds. The summed E-state index contributed by atoms with van der Waals surface area (Å²) in [7, 11) is 2.10. The maximum absolute atomic E-state index is 12.1. The molecule has 1 aromatic carbocycles. The molecule has 4 atom stereocenters. The molecule has 3 nitrogen and oxygen atoms in total. The molecule has 2 saturated heterocycles. The average molecular weight is 290 g/mol. The molecule has 1 unspecified atom stereocenters. The number of thioether (sulfide) groups is 1. The number of hydrogen-bond acceptors (Lipinski definition) is 4. The summed E-state index contributed by atoms with van der Waals surface area (Å²) in [6, 6.07) is 10.0. The Morgan fingerprint density at radius 1 is 1.50 bits per heavy atom. The van der Waals surface area contributed by atoms with Crippen molar-refractivity contribution in [3.8, 4) is 0 Å². The topological polar surface area (TPSA) is 35.5 Å². The minimum absolute atomic E-state index is 0.156. The summed E-state index contributed by atoms with van der Waals surface area (Å²) in [5.41, 5.74) is 0.716. The monoisotopic (exact) mass is 290 g/mol. The molecule has 106 valence electrons. The standard InChI is InChI=1S/C15H19BO3S/c1-10-13-14(16)19-15(10,9-20-13)7-12(17)18-8-11-5-3-2-4-6-11/h2-6,10,13-14H,7-9,16H2,1H3/t10-,13?,14-,15+/m1/s1. The quantitative estimate of drug-likeness (QED) is 0.623. The summed E-state index contributed by atoms with van der Waals surface area (Å²) in [5.74, 6) is 1.17. The average Bonchev–Trinajstić information content (AvgIpc) is 2.86. The molecule has 2 bridgehead atoms. The van der Waals surface area contributed by atoms with Gasteiger partial charge in [-0.1, -0.05) is 37.3 Å². The lowest BCUT2D eigenvalue weighted by Crippen LogP contribution is -2.39. The number of esters is 1. The molecule has 3 rings (SSSR count). The van der Waals surface area contributed by atoms with Crippen LogP contribution in [-0.4, -0.2) is 36.4 Å². The third kappa shape index (κ3) is 2.49. The second kappa shape index (κ2) is 5.45. The Morgan fingerprint density at radius 2 is 2.25 bits per heavy atom. The third-order valence-corrected chi connectivity index (χ3v) is 6.24. The molecule has 0 aromatic heterocycles. The van der Waals surface area contributed by atoms with Crippen molar-refractivity contribution < 1.29 is 14.3 Å². The van der Waals surface area contributed by atoms with Gasteiger partial charge in [0.1, 0.15) is 14.5 Å². The highest BCUT2D eigenvalue weighted by atomic mass is 32.2. The lowest BCUT2D eigenvalue weighted by molar-refractivity contribution is -0.151. The lowest BCUT2D eigenvalue weighted by Gasteiger charge is -2.29. The molecule has 0 spiro atoms. The van der Waals surface area contributed by atoms with E-state index in [9.17, 15) is 4.79 Å². The van der Waals surface area contributed by atoms with E-state index in [4.69, 9.17) is 9.47 Å². The van der Waals surface area contributed by atoms with Gasteiger partial charge in [0.25, 0.3) is 0 Å². The van der Waals surface area contributed by atoms with Crippen LogP contribution >= 0.6 is 11.8 Å². The van der Waals surface area contributed by atoms with Crippen LogP contribution in [0, 0.1) is 5.92 Å². The first kappa shape index (κ1) is 14.0. The van der Waals surface area contributed by atoms with Gasteiger partial charge in [-0.25, -0.2) is 0 Å². The number of ether oxygens (including phenoxy) is 2. The molecule has 1 aromatic rings. The first-order valence-electron chi connectivity index (χ1n) is 7.10. The maximum Gasteiger partial charge on any atom is 0.309 e. The summed E-state index contributed by atoms with van der Waals surface area (Å²) >= 11 is 1.93. The lowest BCUT2D eigenvalue weighted by atomic mass is 9.84. The molecule has 0 radical (unpaired) electrons. The summed E-state index contributed by atoms with van der Waals surface area (Å²) in [5, 5.41) is 0.525. The van der Waals surface area contributed by atoms with Gasteiger partial charge < -0.3 is 9.47 Å². The van der Waals surface area contributed by atoms with Gasteiger partial charge in [0, 0.05) is 22.9 Å². The van der Waals surface area contributed by atoms with Crippen molar-refractivity contribution in [3.63, 3.8) is 0 Å². The number of fused-ring (bicyclic) bond motifs is 2. The van der Waals surface area contributed by atoms with Gasteiger partial charge in [0.15, 0.2) is 0 Å². The fraction of sp³-hybridized carbons (Fsp3) is 0.533. The summed E-state index contributed by atoms with van der Waals surface area (Å²) in [6.07, 6.45) is 0.370. The highest BCUT2D eigenvalue weighted by Gasteiger charge is 2.57. The molecule has 2 aliphatic rings. The maximum atomic E-state index is 12.1. The van der Waals surface area contributed by atoms with Crippen molar-refractivity contribution in [2.24, 2.45) is 5.92 Å². The third-order valence-electron chi connectivity index (χ3n) is 4.41. The van der Waals surface area contributed by atoms with E-state index < -0.39 is 0 Å². The van der Waals surface area contributed by atoms with Crippen LogP contribution in [0.5, 0.6) is 0 Å². The predicted molar refractivity (Wildman–Crippen MR) is 82.4 cm³/mol. The van der Waals surface area contributed by atoms with Crippen LogP contribution < -0.4 is 0 Å².